The van der Waals surface area contributed by atoms with Crippen molar-refractivity contribution < 1.29 is 14.4 Å². The molecule has 0 spiro atoms. The molecule has 1 aliphatic heterocycles. The minimum atomic E-state index is -0.869. The minimum Gasteiger partial charge on any atom is -0.269 e. The molecule has 1 aromatic heterocycles. The standard InChI is InChI=1S/C10H9N3O3/c14-8-9(15)13(10(16)12-8)6-4-7-3-1-2-5-11-7/h1-3,5H,4,6H2,(H,12,14,16). The maximum Gasteiger partial charge on any atom is 0.331 e. The monoisotopic (exact) mass is 219 g/mol. The van der Waals surface area contributed by atoms with Gasteiger partial charge in [0, 0.05) is 24.9 Å². The predicted octanol–water partition coefficient (Wildman–Crippen LogP) is -0.298. The Morgan fingerprint density at radius 1 is 1.25 bits per heavy atom. The third-order valence-corrected chi connectivity index (χ3v) is 2.22. The van der Waals surface area contributed by atoms with E-state index >= 15 is 0 Å². The molecular formula is C10H9N3O3. The lowest BCUT2D eigenvalue weighted by Crippen LogP contribution is -2.33. The lowest BCUT2D eigenvalue weighted by Gasteiger charge is -2.09. The number of aromatic nitrogens is 1. The zero-order chi connectivity index (χ0) is 11.5. The van der Waals surface area contributed by atoms with Crippen LogP contribution in [0, 0.1) is 0 Å². The summed E-state index contributed by atoms with van der Waals surface area (Å²) >= 11 is 0. The van der Waals surface area contributed by atoms with Crippen LogP contribution in [-0.4, -0.2) is 34.3 Å². The topological polar surface area (TPSA) is 79.4 Å². The van der Waals surface area contributed by atoms with Gasteiger partial charge in [-0.05, 0) is 12.1 Å². The molecule has 1 fully saturated rings. The Kier molecular flexibility index (Phi) is 2.63. The highest BCUT2D eigenvalue weighted by atomic mass is 16.2. The Hall–Kier alpha value is -2.24. The normalized spacial score (nSPS) is 15.5. The van der Waals surface area contributed by atoms with Gasteiger partial charge in [0.1, 0.15) is 0 Å². The highest BCUT2D eigenvalue weighted by molar-refractivity contribution is 6.44. The SMILES string of the molecule is O=C1NC(=O)N(CCc2ccccn2)C1=O. The second kappa shape index (κ2) is 4.09. The van der Waals surface area contributed by atoms with E-state index in [4.69, 9.17) is 0 Å². The van der Waals surface area contributed by atoms with Crippen LogP contribution in [0.2, 0.25) is 0 Å². The van der Waals surface area contributed by atoms with Gasteiger partial charge in [0.15, 0.2) is 0 Å². The first kappa shape index (κ1) is 10.3. The number of amides is 4. The molecule has 0 atom stereocenters. The second-order valence-corrected chi connectivity index (χ2v) is 3.29. The molecule has 2 rings (SSSR count). The second-order valence-electron chi connectivity index (χ2n) is 3.29. The van der Waals surface area contributed by atoms with E-state index in [1.54, 1.807) is 18.3 Å². The molecule has 82 valence electrons. The number of nitrogens with zero attached hydrogens (tertiary/aromatic N) is 2. The highest BCUT2D eigenvalue weighted by Crippen LogP contribution is 2.03. The summed E-state index contributed by atoms with van der Waals surface area (Å²) in [7, 11) is 0. The van der Waals surface area contributed by atoms with Crippen LogP contribution in [0.1, 0.15) is 5.69 Å². The molecule has 1 N–H and O–H groups in total. The first-order valence-electron chi connectivity index (χ1n) is 4.75. The molecule has 6 heteroatoms. The minimum absolute atomic E-state index is 0.160. The van der Waals surface area contributed by atoms with E-state index < -0.39 is 17.8 Å². The molecule has 0 saturated carbocycles. The van der Waals surface area contributed by atoms with E-state index in [2.05, 4.69) is 4.98 Å². The van der Waals surface area contributed by atoms with Crippen molar-refractivity contribution in [2.75, 3.05) is 6.54 Å². The van der Waals surface area contributed by atoms with Crippen molar-refractivity contribution >= 4 is 17.8 Å². The molecule has 4 amide bonds. The van der Waals surface area contributed by atoms with Gasteiger partial charge in [0.2, 0.25) is 0 Å². The fourth-order valence-electron chi connectivity index (χ4n) is 1.41. The Morgan fingerprint density at radius 2 is 2.06 bits per heavy atom. The van der Waals surface area contributed by atoms with Gasteiger partial charge in [-0.1, -0.05) is 6.07 Å². The maximum absolute atomic E-state index is 11.2. The number of hydrogen-bond donors (Lipinski definition) is 1. The van der Waals surface area contributed by atoms with Gasteiger partial charge in [-0.3, -0.25) is 24.8 Å². The number of carbonyl (C=O) groups excluding carboxylic acids is 3. The summed E-state index contributed by atoms with van der Waals surface area (Å²) in [4.78, 5) is 38.2. The highest BCUT2D eigenvalue weighted by Gasteiger charge is 2.36. The van der Waals surface area contributed by atoms with Gasteiger partial charge >= 0.3 is 17.8 Å². The van der Waals surface area contributed by atoms with Gasteiger partial charge in [-0.2, -0.15) is 0 Å². The van der Waals surface area contributed by atoms with Crippen LogP contribution in [-0.2, 0) is 16.0 Å². The molecule has 1 aliphatic rings. The molecule has 1 saturated heterocycles. The summed E-state index contributed by atoms with van der Waals surface area (Å²) in [6, 6.07) is 4.73. The van der Waals surface area contributed by atoms with Crippen LogP contribution in [0.4, 0.5) is 4.79 Å². The van der Waals surface area contributed by atoms with E-state index in [9.17, 15) is 14.4 Å². The fraction of sp³-hybridized carbons (Fsp3) is 0.200. The largest absolute Gasteiger partial charge is 0.331 e. The van der Waals surface area contributed by atoms with E-state index in [1.165, 1.54) is 0 Å². The Morgan fingerprint density at radius 3 is 2.62 bits per heavy atom. The van der Waals surface area contributed by atoms with Gasteiger partial charge in [-0.25, -0.2) is 4.79 Å². The molecule has 0 aromatic carbocycles. The Labute approximate surface area is 91.3 Å². The lowest BCUT2D eigenvalue weighted by atomic mass is 10.2. The van der Waals surface area contributed by atoms with Crippen molar-refractivity contribution in [3.05, 3.63) is 30.1 Å². The van der Waals surface area contributed by atoms with E-state index in [-0.39, 0.29) is 6.54 Å². The average Bonchev–Trinajstić information content (AvgIpc) is 2.53. The van der Waals surface area contributed by atoms with Gasteiger partial charge < -0.3 is 0 Å². The van der Waals surface area contributed by atoms with Gasteiger partial charge in [0.25, 0.3) is 0 Å². The molecule has 0 aliphatic carbocycles. The number of urea groups is 1. The molecular weight excluding hydrogens is 210 g/mol. The first-order chi connectivity index (χ1) is 7.68. The number of imide groups is 2. The quantitative estimate of drug-likeness (QED) is 0.559. The fourth-order valence-corrected chi connectivity index (χ4v) is 1.41. The molecule has 0 bridgehead atoms. The van der Waals surface area contributed by atoms with Crippen molar-refractivity contribution in [2.45, 2.75) is 6.42 Å². The average molecular weight is 219 g/mol. The van der Waals surface area contributed by atoms with Crippen LogP contribution in [0.5, 0.6) is 0 Å². The summed E-state index contributed by atoms with van der Waals surface area (Å²) in [6.07, 6.45) is 2.07. The molecule has 0 unspecified atom stereocenters. The Bertz CT molecular complexity index is 444. The molecule has 2 heterocycles. The number of nitrogens with one attached hydrogen (secondary N) is 1. The number of rotatable bonds is 3. The maximum atomic E-state index is 11.2. The smallest absolute Gasteiger partial charge is 0.269 e. The zero-order valence-corrected chi connectivity index (χ0v) is 8.34. The van der Waals surface area contributed by atoms with Crippen LogP contribution in [0.25, 0.3) is 0 Å². The third kappa shape index (κ3) is 1.90. The summed E-state index contributed by atoms with van der Waals surface area (Å²) < 4.78 is 0. The number of pyridine rings is 1. The van der Waals surface area contributed by atoms with Gasteiger partial charge in [-0.15, -0.1) is 0 Å². The van der Waals surface area contributed by atoms with E-state index in [0.717, 1.165) is 10.6 Å². The summed E-state index contributed by atoms with van der Waals surface area (Å²) in [6.45, 7) is 0.160. The van der Waals surface area contributed by atoms with Crippen molar-refractivity contribution in [2.24, 2.45) is 0 Å². The summed E-state index contributed by atoms with van der Waals surface area (Å²) in [5, 5.41) is 1.93. The van der Waals surface area contributed by atoms with Crippen LogP contribution in [0.3, 0.4) is 0 Å². The molecule has 6 nitrogen and oxygen atoms in total. The number of carbonyl (C=O) groups is 3. The van der Waals surface area contributed by atoms with Crippen molar-refractivity contribution in [3.63, 3.8) is 0 Å². The van der Waals surface area contributed by atoms with Crippen LogP contribution < -0.4 is 5.32 Å². The van der Waals surface area contributed by atoms with Gasteiger partial charge in [0.05, 0.1) is 0 Å². The molecule has 1 aromatic rings. The molecule has 16 heavy (non-hydrogen) atoms. The van der Waals surface area contributed by atoms with Crippen molar-refractivity contribution in [1.29, 1.82) is 0 Å². The van der Waals surface area contributed by atoms with Crippen molar-refractivity contribution in [3.8, 4) is 0 Å². The number of hydrogen-bond acceptors (Lipinski definition) is 4. The first-order valence-corrected chi connectivity index (χ1v) is 4.75. The zero-order valence-electron chi connectivity index (χ0n) is 8.34. The third-order valence-electron chi connectivity index (χ3n) is 2.22. The van der Waals surface area contributed by atoms with Crippen LogP contribution in [0.15, 0.2) is 24.4 Å². The predicted molar refractivity (Wildman–Crippen MR) is 53.2 cm³/mol. The Balaban J connectivity index is 1.99. The van der Waals surface area contributed by atoms with Crippen molar-refractivity contribution in [1.82, 2.24) is 15.2 Å². The lowest BCUT2D eigenvalue weighted by molar-refractivity contribution is -0.140. The summed E-state index contributed by atoms with van der Waals surface area (Å²) in [5.74, 6) is -1.67. The molecule has 0 radical (unpaired) electrons. The summed E-state index contributed by atoms with van der Waals surface area (Å²) in [5.41, 5.74) is 0.766. The van der Waals surface area contributed by atoms with Crippen LogP contribution >= 0.6 is 0 Å². The van der Waals surface area contributed by atoms with E-state index in [1.807, 2.05) is 11.4 Å². The van der Waals surface area contributed by atoms with E-state index in [0.29, 0.717) is 6.42 Å².